The standard InChI is InChI=1S/C18H16N6O3/c1-23-17(20-21-22-23)12-5-4-6-13(11-12)19-16(25)9-10-24-14-7-2-3-8-15(14)27-18(24)26/h2-8,11H,9-10H2,1H3,(H,19,25). The van der Waals surface area contributed by atoms with E-state index < -0.39 is 5.76 Å². The van der Waals surface area contributed by atoms with Crippen LogP contribution < -0.4 is 11.1 Å². The van der Waals surface area contributed by atoms with Crippen LogP contribution in [0.15, 0.2) is 57.7 Å². The number of nitrogens with zero attached hydrogens (tertiary/aromatic N) is 5. The molecule has 0 saturated heterocycles. The average Bonchev–Trinajstić information content (AvgIpc) is 3.22. The second-order valence-electron chi connectivity index (χ2n) is 5.99. The first kappa shape index (κ1) is 16.7. The van der Waals surface area contributed by atoms with E-state index in [1.54, 1.807) is 42.1 Å². The molecule has 27 heavy (non-hydrogen) atoms. The van der Waals surface area contributed by atoms with Crippen LogP contribution in [0.2, 0.25) is 0 Å². The van der Waals surface area contributed by atoms with Crippen molar-refractivity contribution in [3.63, 3.8) is 0 Å². The van der Waals surface area contributed by atoms with Crippen LogP contribution >= 0.6 is 0 Å². The lowest BCUT2D eigenvalue weighted by atomic mass is 10.2. The summed E-state index contributed by atoms with van der Waals surface area (Å²) < 4.78 is 8.18. The summed E-state index contributed by atoms with van der Waals surface area (Å²) >= 11 is 0. The zero-order valence-corrected chi connectivity index (χ0v) is 14.5. The van der Waals surface area contributed by atoms with Crippen LogP contribution in [0.3, 0.4) is 0 Å². The van der Waals surface area contributed by atoms with Gasteiger partial charge >= 0.3 is 5.76 Å². The lowest BCUT2D eigenvalue weighted by Crippen LogP contribution is -2.19. The van der Waals surface area contributed by atoms with Crippen LogP contribution in [0.25, 0.3) is 22.5 Å². The van der Waals surface area contributed by atoms with Gasteiger partial charge in [0.15, 0.2) is 11.4 Å². The van der Waals surface area contributed by atoms with Crippen molar-refractivity contribution < 1.29 is 9.21 Å². The molecule has 1 N–H and O–H groups in total. The van der Waals surface area contributed by atoms with Crippen molar-refractivity contribution in [2.24, 2.45) is 7.05 Å². The number of rotatable bonds is 5. The van der Waals surface area contributed by atoms with Gasteiger partial charge in [-0.3, -0.25) is 9.36 Å². The van der Waals surface area contributed by atoms with Gasteiger partial charge in [0, 0.05) is 31.3 Å². The highest BCUT2D eigenvalue weighted by Gasteiger charge is 2.11. The number of hydrogen-bond acceptors (Lipinski definition) is 6. The van der Waals surface area contributed by atoms with Gasteiger partial charge in [0.2, 0.25) is 5.91 Å². The third kappa shape index (κ3) is 3.34. The zero-order valence-electron chi connectivity index (χ0n) is 14.5. The van der Waals surface area contributed by atoms with E-state index in [2.05, 4.69) is 20.8 Å². The number of hydrogen-bond donors (Lipinski definition) is 1. The van der Waals surface area contributed by atoms with E-state index in [0.29, 0.717) is 22.6 Å². The molecule has 0 bridgehead atoms. The Morgan fingerprint density at radius 1 is 1.19 bits per heavy atom. The van der Waals surface area contributed by atoms with Crippen LogP contribution in [0.4, 0.5) is 5.69 Å². The van der Waals surface area contributed by atoms with Gasteiger partial charge in [0.1, 0.15) is 0 Å². The highest BCUT2D eigenvalue weighted by molar-refractivity contribution is 5.91. The number of amides is 1. The summed E-state index contributed by atoms with van der Waals surface area (Å²) in [6, 6.07) is 14.4. The van der Waals surface area contributed by atoms with Gasteiger partial charge in [-0.1, -0.05) is 24.3 Å². The third-order valence-electron chi connectivity index (χ3n) is 4.16. The first-order chi connectivity index (χ1) is 13.1. The summed E-state index contributed by atoms with van der Waals surface area (Å²) in [5.74, 6) is -0.0799. The Hall–Kier alpha value is -3.75. The second kappa shape index (κ2) is 6.87. The van der Waals surface area contributed by atoms with Crippen LogP contribution in [0, 0.1) is 0 Å². The molecule has 2 aromatic carbocycles. The van der Waals surface area contributed by atoms with Crippen molar-refractivity contribution in [2.75, 3.05) is 5.32 Å². The molecule has 9 heteroatoms. The Kier molecular flexibility index (Phi) is 4.25. The molecule has 4 aromatic rings. The van der Waals surface area contributed by atoms with E-state index in [-0.39, 0.29) is 18.9 Å². The smallest absolute Gasteiger partial charge is 0.408 e. The number of anilines is 1. The predicted octanol–water partition coefficient (Wildman–Crippen LogP) is 1.81. The Morgan fingerprint density at radius 2 is 2.04 bits per heavy atom. The van der Waals surface area contributed by atoms with Crippen molar-refractivity contribution in [1.29, 1.82) is 0 Å². The predicted molar refractivity (Wildman–Crippen MR) is 98.0 cm³/mol. The molecule has 0 fully saturated rings. The van der Waals surface area contributed by atoms with Gasteiger partial charge in [-0.05, 0) is 34.7 Å². The summed E-state index contributed by atoms with van der Waals surface area (Å²) in [5.41, 5.74) is 2.60. The molecule has 0 aliphatic carbocycles. The monoisotopic (exact) mass is 364 g/mol. The molecule has 0 aliphatic rings. The van der Waals surface area contributed by atoms with Crippen LogP contribution in [0.5, 0.6) is 0 Å². The topological polar surface area (TPSA) is 108 Å². The molecule has 1 amide bonds. The highest BCUT2D eigenvalue weighted by atomic mass is 16.4. The number of tetrazole rings is 1. The van der Waals surface area contributed by atoms with Gasteiger partial charge in [0.05, 0.1) is 5.52 Å². The van der Waals surface area contributed by atoms with E-state index in [1.807, 2.05) is 18.2 Å². The Balaban J connectivity index is 1.46. The molecule has 2 aromatic heterocycles. The summed E-state index contributed by atoms with van der Waals surface area (Å²) in [6.07, 6.45) is 0.138. The quantitative estimate of drug-likeness (QED) is 0.579. The van der Waals surface area contributed by atoms with Gasteiger partial charge in [-0.2, -0.15) is 0 Å². The van der Waals surface area contributed by atoms with E-state index in [9.17, 15) is 9.59 Å². The lowest BCUT2D eigenvalue weighted by molar-refractivity contribution is -0.116. The number of carbonyl (C=O) groups excluding carboxylic acids is 1. The number of aryl methyl sites for hydroxylation is 2. The Labute approximate surface area is 153 Å². The minimum absolute atomic E-state index is 0.138. The summed E-state index contributed by atoms with van der Waals surface area (Å²) in [4.78, 5) is 24.3. The van der Waals surface area contributed by atoms with Gasteiger partial charge in [0.25, 0.3) is 0 Å². The van der Waals surface area contributed by atoms with Gasteiger partial charge in [-0.15, -0.1) is 5.10 Å². The lowest BCUT2D eigenvalue weighted by Gasteiger charge is -2.07. The van der Waals surface area contributed by atoms with Crippen molar-refractivity contribution in [1.82, 2.24) is 24.8 Å². The molecule has 9 nitrogen and oxygen atoms in total. The fourth-order valence-electron chi connectivity index (χ4n) is 2.87. The maximum absolute atomic E-state index is 12.3. The van der Waals surface area contributed by atoms with Crippen molar-refractivity contribution in [3.8, 4) is 11.4 Å². The summed E-state index contributed by atoms with van der Waals surface area (Å²) in [7, 11) is 1.74. The van der Waals surface area contributed by atoms with Gasteiger partial charge < -0.3 is 9.73 Å². The van der Waals surface area contributed by atoms with Crippen LogP contribution in [-0.2, 0) is 18.4 Å². The summed E-state index contributed by atoms with van der Waals surface area (Å²) in [6.45, 7) is 0.231. The van der Waals surface area contributed by atoms with Crippen molar-refractivity contribution in [3.05, 3.63) is 59.1 Å². The zero-order chi connectivity index (χ0) is 18.8. The number of fused-ring (bicyclic) bond motifs is 1. The number of aromatic nitrogens is 5. The first-order valence-electron chi connectivity index (χ1n) is 8.33. The molecule has 136 valence electrons. The maximum Gasteiger partial charge on any atom is 0.419 e. The number of oxazole rings is 1. The third-order valence-corrected chi connectivity index (χ3v) is 4.16. The highest BCUT2D eigenvalue weighted by Crippen LogP contribution is 2.20. The Bertz CT molecular complexity index is 1170. The van der Waals surface area contributed by atoms with E-state index >= 15 is 0 Å². The second-order valence-corrected chi connectivity index (χ2v) is 5.99. The molecular formula is C18H16N6O3. The maximum atomic E-state index is 12.3. The summed E-state index contributed by atoms with van der Waals surface area (Å²) in [5, 5.41) is 14.2. The van der Waals surface area contributed by atoms with Crippen LogP contribution in [0.1, 0.15) is 6.42 Å². The molecular weight excluding hydrogens is 348 g/mol. The largest absolute Gasteiger partial charge is 0.419 e. The van der Waals surface area contributed by atoms with E-state index in [1.165, 1.54) is 4.57 Å². The molecule has 0 aliphatic heterocycles. The van der Waals surface area contributed by atoms with Crippen molar-refractivity contribution >= 4 is 22.7 Å². The minimum Gasteiger partial charge on any atom is -0.408 e. The average molecular weight is 364 g/mol. The van der Waals surface area contributed by atoms with E-state index in [0.717, 1.165) is 5.56 Å². The molecule has 0 radical (unpaired) electrons. The molecule has 2 heterocycles. The molecule has 0 unspecified atom stereocenters. The minimum atomic E-state index is -0.472. The first-order valence-corrected chi connectivity index (χ1v) is 8.33. The number of carbonyl (C=O) groups is 1. The Morgan fingerprint density at radius 3 is 2.85 bits per heavy atom. The molecule has 4 rings (SSSR count). The molecule has 0 spiro atoms. The fourth-order valence-corrected chi connectivity index (χ4v) is 2.87. The normalized spacial score (nSPS) is 11.0. The van der Waals surface area contributed by atoms with Crippen LogP contribution in [-0.4, -0.2) is 30.7 Å². The number of para-hydroxylation sites is 2. The molecule has 0 saturated carbocycles. The SMILES string of the molecule is Cn1nnnc1-c1cccc(NC(=O)CCn2c(=O)oc3ccccc32)c1. The van der Waals surface area contributed by atoms with Crippen molar-refractivity contribution in [2.45, 2.75) is 13.0 Å². The molecule has 0 atom stereocenters. The number of nitrogens with one attached hydrogen (secondary N) is 1. The van der Waals surface area contributed by atoms with E-state index in [4.69, 9.17) is 4.42 Å². The fraction of sp³-hybridized carbons (Fsp3) is 0.167. The van der Waals surface area contributed by atoms with Gasteiger partial charge in [-0.25, -0.2) is 9.48 Å². The number of benzene rings is 2.